The summed E-state index contributed by atoms with van der Waals surface area (Å²) in [4.78, 5) is 0. The number of halogens is 1. The molecule has 0 bridgehead atoms. The van der Waals surface area contributed by atoms with E-state index in [0.29, 0.717) is 0 Å². The highest BCUT2D eigenvalue weighted by Gasteiger charge is 1.65. The van der Waals surface area contributed by atoms with Crippen molar-refractivity contribution in [2.75, 3.05) is 0 Å². The van der Waals surface area contributed by atoms with Crippen molar-refractivity contribution < 1.29 is 0 Å². The molecule has 9 heavy (non-hydrogen) atoms. The molecule has 0 aromatic rings. The minimum atomic E-state index is 0.911. The monoisotopic (exact) mass is 142 g/mol. The van der Waals surface area contributed by atoms with Crippen LogP contribution in [0.25, 0.3) is 0 Å². The number of hydrogen-bond acceptors (Lipinski definition) is 0. The molecule has 0 saturated heterocycles. The van der Waals surface area contributed by atoms with Gasteiger partial charge < -0.3 is 0 Å². The maximum Gasteiger partial charge on any atom is 0.000558 e. The highest BCUT2D eigenvalue weighted by atomic mass is 35.5. The van der Waals surface area contributed by atoms with Crippen molar-refractivity contribution in [3.05, 3.63) is 35.9 Å². The van der Waals surface area contributed by atoms with Crippen molar-refractivity contribution in [1.29, 1.82) is 0 Å². The average molecular weight is 143 g/mol. The smallest absolute Gasteiger partial charge is 0.000558 e. The van der Waals surface area contributed by atoms with Gasteiger partial charge in [0, 0.05) is 5.54 Å². The molecule has 0 aliphatic carbocycles. The summed E-state index contributed by atoms with van der Waals surface area (Å²) in [5.74, 6) is 0. The van der Waals surface area contributed by atoms with E-state index in [9.17, 15) is 0 Å². The number of allylic oxidation sites excluding steroid dienone is 5. The molecule has 1 heteroatoms. The summed E-state index contributed by atoms with van der Waals surface area (Å²) < 4.78 is 0. The van der Waals surface area contributed by atoms with Crippen molar-refractivity contribution in [2.24, 2.45) is 0 Å². The van der Waals surface area contributed by atoms with Crippen molar-refractivity contribution in [3.63, 3.8) is 0 Å². The van der Waals surface area contributed by atoms with Gasteiger partial charge in [-0.05, 0) is 13.3 Å². The van der Waals surface area contributed by atoms with Crippen LogP contribution in [-0.2, 0) is 0 Å². The maximum atomic E-state index is 5.28. The van der Waals surface area contributed by atoms with Crippen LogP contribution in [0.3, 0.4) is 0 Å². The molecule has 0 saturated carbocycles. The Morgan fingerprint density at radius 3 is 2.56 bits per heavy atom. The zero-order chi connectivity index (χ0) is 6.95. The van der Waals surface area contributed by atoms with Gasteiger partial charge in [-0.2, -0.15) is 0 Å². The van der Waals surface area contributed by atoms with Crippen LogP contribution in [0.15, 0.2) is 35.9 Å². The lowest BCUT2D eigenvalue weighted by Crippen LogP contribution is -1.53. The second-order valence-corrected chi connectivity index (χ2v) is 1.80. The zero-order valence-electron chi connectivity index (χ0n) is 5.55. The number of rotatable bonds is 3. The van der Waals surface area contributed by atoms with Crippen LogP contribution in [0, 0.1) is 0 Å². The minimum absolute atomic E-state index is 0.911. The Labute approximate surface area is 61.5 Å². The lowest BCUT2D eigenvalue weighted by molar-refractivity contribution is 1.40. The Hall–Kier alpha value is -0.490. The quantitative estimate of drug-likeness (QED) is 0.531. The molecule has 0 atom stereocenters. The molecule has 0 radical (unpaired) electrons. The highest BCUT2D eigenvalue weighted by molar-refractivity contribution is 6.25. The van der Waals surface area contributed by atoms with Crippen molar-refractivity contribution in [2.45, 2.75) is 13.3 Å². The third-order valence-electron chi connectivity index (χ3n) is 0.801. The molecule has 0 aromatic carbocycles. The summed E-state index contributed by atoms with van der Waals surface area (Å²) >= 11 is 5.28. The molecule has 0 aliphatic heterocycles. The summed E-state index contributed by atoms with van der Waals surface area (Å²) in [6.07, 6.45) is 10.8. The highest BCUT2D eigenvalue weighted by Crippen LogP contribution is 1.88. The van der Waals surface area contributed by atoms with E-state index in [1.54, 1.807) is 0 Å². The van der Waals surface area contributed by atoms with Gasteiger partial charge in [0.2, 0.25) is 0 Å². The van der Waals surface area contributed by atoms with E-state index < -0.39 is 0 Å². The van der Waals surface area contributed by atoms with Crippen LogP contribution in [0.5, 0.6) is 0 Å². The lowest BCUT2D eigenvalue weighted by atomic mass is 10.3. The Bertz CT molecular complexity index is 121. The van der Waals surface area contributed by atoms with Gasteiger partial charge >= 0.3 is 0 Å². The van der Waals surface area contributed by atoms with Crippen LogP contribution >= 0.6 is 11.6 Å². The SMILES string of the molecule is C/C=C/C=C\C/C=C/Cl. The fourth-order valence-electron chi connectivity index (χ4n) is 0.398. The fraction of sp³-hybridized carbons (Fsp3) is 0.250. The summed E-state index contributed by atoms with van der Waals surface area (Å²) in [6.45, 7) is 1.99. The van der Waals surface area contributed by atoms with E-state index in [-0.39, 0.29) is 0 Å². The van der Waals surface area contributed by atoms with E-state index in [4.69, 9.17) is 11.6 Å². The second kappa shape index (κ2) is 7.51. The predicted molar refractivity (Wildman–Crippen MR) is 43.6 cm³/mol. The third kappa shape index (κ3) is 7.51. The molecule has 0 fully saturated rings. The molecule has 0 spiro atoms. The molecule has 0 nitrogen and oxygen atoms in total. The normalized spacial score (nSPS) is 12.7. The van der Waals surface area contributed by atoms with Gasteiger partial charge in [0.05, 0.1) is 0 Å². The van der Waals surface area contributed by atoms with E-state index in [1.807, 2.05) is 37.3 Å². The molecule has 0 aliphatic rings. The third-order valence-corrected chi connectivity index (χ3v) is 0.979. The minimum Gasteiger partial charge on any atom is -0.0933 e. The van der Waals surface area contributed by atoms with Crippen molar-refractivity contribution in [1.82, 2.24) is 0 Å². The first-order valence-electron chi connectivity index (χ1n) is 2.95. The zero-order valence-corrected chi connectivity index (χ0v) is 6.31. The van der Waals surface area contributed by atoms with E-state index in [0.717, 1.165) is 6.42 Å². The van der Waals surface area contributed by atoms with Crippen molar-refractivity contribution >= 4 is 11.6 Å². The second-order valence-electron chi connectivity index (χ2n) is 1.55. The van der Waals surface area contributed by atoms with E-state index >= 15 is 0 Å². The first-order chi connectivity index (χ1) is 4.41. The lowest BCUT2D eigenvalue weighted by Gasteiger charge is -1.75. The average Bonchev–Trinajstić information content (AvgIpc) is 1.89. The van der Waals surface area contributed by atoms with Crippen LogP contribution in [0.2, 0.25) is 0 Å². The first kappa shape index (κ1) is 8.51. The molecule has 0 rings (SSSR count). The van der Waals surface area contributed by atoms with Crippen LogP contribution in [0.4, 0.5) is 0 Å². The molecular weight excluding hydrogens is 132 g/mol. The molecule has 50 valence electrons. The molecule has 0 N–H and O–H groups in total. The van der Waals surface area contributed by atoms with Gasteiger partial charge in [-0.25, -0.2) is 0 Å². The molecule has 0 heterocycles. The van der Waals surface area contributed by atoms with Crippen LogP contribution < -0.4 is 0 Å². The fourth-order valence-corrected chi connectivity index (χ4v) is 0.501. The Balaban J connectivity index is 3.25. The summed E-state index contributed by atoms with van der Waals surface area (Å²) in [6, 6.07) is 0. The summed E-state index contributed by atoms with van der Waals surface area (Å²) in [5.41, 5.74) is 1.53. The standard InChI is InChI=1S/C8H11Cl/c1-2-3-4-5-6-7-8-9/h2-5,7-8H,6H2,1H3/b3-2+,5-4-,8-7+. The number of hydrogen-bond donors (Lipinski definition) is 0. The first-order valence-corrected chi connectivity index (χ1v) is 3.38. The Kier molecular flexibility index (Phi) is 7.10. The van der Waals surface area contributed by atoms with Gasteiger partial charge in [-0.15, -0.1) is 0 Å². The van der Waals surface area contributed by atoms with Gasteiger partial charge in [0.1, 0.15) is 0 Å². The topological polar surface area (TPSA) is 0 Å². The molecule has 0 aromatic heterocycles. The Morgan fingerprint density at radius 2 is 2.00 bits per heavy atom. The van der Waals surface area contributed by atoms with Gasteiger partial charge in [0.15, 0.2) is 0 Å². The van der Waals surface area contributed by atoms with Crippen molar-refractivity contribution in [3.8, 4) is 0 Å². The molecule has 0 amide bonds. The predicted octanol–water partition coefficient (Wildman–Crippen LogP) is 3.26. The van der Waals surface area contributed by atoms with Crippen LogP contribution in [-0.4, -0.2) is 0 Å². The van der Waals surface area contributed by atoms with Gasteiger partial charge in [-0.3, -0.25) is 0 Å². The molecular formula is C8H11Cl. The van der Waals surface area contributed by atoms with E-state index in [2.05, 4.69) is 0 Å². The van der Waals surface area contributed by atoms with Gasteiger partial charge in [0.25, 0.3) is 0 Å². The summed E-state index contributed by atoms with van der Waals surface area (Å²) in [7, 11) is 0. The Morgan fingerprint density at radius 1 is 1.22 bits per heavy atom. The largest absolute Gasteiger partial charge is 0.0933 e. The molecule has 0 unspecified atom stereocenters. The van der Waals surface area contributed by atoms with E-state index in [1.165, 1.54) is 5.54 Å². The maximum absolute atomic E-state index is 5.28. The summed E-state index contributed by atoms with van der Waals surface area (Å²) in [5, 5.41) is 0. The van der Waals surface area contributed by atoms with Crippen LogP contribution in [0.1, 0.15) is 13.3 Å². The van der Waals surface area contributed by atoms with Gasteiger partial charge in [-0.1, -0.05) is 42.0 Å².